The molecule has 1 unspecified atom stereocenters. The fourth-order valence-corrected chi connectivity index (χ4v) is 2.12. The molecule has 2 heteroatoms. The average Bonchev–Trinajstić information content (AvgIpc) is 2.06. The van der Waals surface area contributed by atoms with Crippen LogP contribution in [0.2, 0.25) is 0 Å². The van der Waals surface area contributed by atoms with E-state index in [1.165, 1.54) is 0 Å². The lowest BCUT2D eigenvalue weighted by Crippen LogP contribution is -2.28. The lowest BCUT2D eigenvalue weighted by Gasteiger charge is -2.34. The third-order valence-electron chi connectivity index (χ3n) is 3.18. The highest BCUT2D eigenvalue weighted by atomic mass is 16.1. The fourth-order valence-electron chi connectivity index (χ4n) is 2.12. The van der Waals surface area contributed by atoms with Gasteiger partial charge in [0, 0.05) is 32.3 Å². The van der Waals surface area contributed by atoms with Gasteiger partial charge in [-0.15, -0.1) is 0 Å². The highest BCUT2D eigenvalue weighted by molar-refractivity contribution is 5.95. The molecule has 86 valence electrons. The van der Waals surface area contributed by atoms with E-state index in [9.17, 15) is 4.79 Å². The quantitative estimate of drug-likeness (QED) is 0.619. The average molecular weight is 209 g/mol. The lowest BCUT2D eigenvalue weighted by atomic mass is 9.71. The molecule has 0 saturated heterocycles. The van der Waals surface area contributed by atoms with E-state index in [0.29, 0.717) is 17.1 Å². The Labute approximate surface area is 93.3 Å². The van der Waals surface area contributed by atoms with Gasteiger partial charge in [0.1, 0.15) is 0 Å². The smallest absolute Gasteiger partial charge is 0.160 e. The van der Waals surface area contributed by atoms with Crippen LogP contribution in [0, 0.1) is 11.3 Å². The van der Waals surface area contributed by atoms with Crippen molar-refractivity contribution < 1.29 is 4.79 Å². The summed E-state index contributed by atoms with van der Waals surface area (Å²) < 4.78 is 0. The van der Waals surface area contributed by atoms with Gasteiger partial charge in [0.2, 0.25) is 0 Å². The van der Waals surface area contributed by atoms with Crippen LogP contribution in [0.25, 0.3) is 0 Å². The van der Waals surface area contributed by atoms with E-state index in [1.54, 1.807) is 0 Å². The van der Waals surface area contributed by atoms with Gasteiger partial charge < -0.3 is 4.90 Å². The van der Waals surface area contributed by atoms with Crippen LogP contribution in [-0.4, -0.2) is 24.8 Å². The van der Waals surface area contributed by atoms with Crippen molar-refractivity contribution in [3.8, 4) is 0 Å². The van der Waals surface area contributed by atoms with Crippen LogP contribution in [0.1, 0.15) is 40.0 Å². The van der Waals surface area contributed by atoms with Crippen LogP contribution in [0.5, 0.6) is 0 Å². The predicted octanol–water partition coefficient (Wildman–Crippen LogP) is 2.85. The molecule has 0 bridgehead atoms. The molecule has 0 amide bonds. The Morgan fingerprint density at radius 1 is 1.33 bits per heavy atom. The summed E-state index contributed by atoms with van der Waals surface area (Å²) in [4.78, 5) is 13.7. The number of ketones is 1. The van der Waals surface area contributed by atoms with E-state index in [4.69, 9.17) is 0 Å². The molecule has 15 heavy (non-hydrogen) atoms. The summed E-state index contributed by atoms with van der Waals surface area (Å²) in [5.41, 5.74) is 1.32. The van der Waals surface area contributed by atoms with Crippen LogP contribution in [0.3, 0.4) is 0 Å². The molecule has 1 saturated carbocycles. The van der Waals surface area contributed by atoms with Crippen molar-refractivity contribution in [1.82, 2.24) is 4.90 Å². The number of carbonyl (C=O) groups is 1. The Bertz CT molecular complexity index is 271. The number of nitrogens with zero attached hydrogens (tertiary/aromatic N) is 1. The number of Topliss-reactive ketones (excluding diaryl/α,β-unsaturated/α-hetero) is 1. The van der Waals surface area contributed by atoms with E-state index >= 15 is 0 Å². The molecular weight excluding hydrogens is 186 g/mol. The number of rotatable bonds is 1. The molecule has 0 spiro atoms. The Morgan fingerprint density at radius 3 is 2.40 bits per heavy atom. The molecule has 0 aromatic rings. The van der Waals surface area contributed by atoms with Gasteiger partial charge in [-0.3, -0.25) is 4.79 Å². The molecule has 1 fully saturated rings. The molecule has 1 atom stereocenters. The summed E-state index contributed by atoms with van der Waals surface area (Å²) in [6.07, 6.45) is 4.70. The van der Waals surface area contributed by atoms with E-state index in [-0.39, 0.29) is 0 Å². The molecule has 0 aromatic carbocycles. The molecule has 2 nitrogen and oxygen atoms in total. The van der Waals surface area contributed by atoms with Gasteiger partial charge in [-0.1, -0.05) is 20.8 Å². The topological polar surface area (TPSA) is 20.3 Å². The largest absolute Gasteiger partial charge is 0.383 e. The highest BCUT2D eigenvalue weighted by Gasteiger charge is 2.31. The van der Waals surface area contributed by atoms with Crippen molar-refractivity contribution in [2.75, 3.05) is 14.1 Å². The predicted molar refractivity (Wildman–Crippen MR) is 63.6 cm³/mol. The molecule has 0 heterocycles. The molecular formula is C13H23NO. The number of hydrogen-bond acceptors (Lipinski definition) is 2. The minimum atomic E-state index is 0.312. The third kappa shape index (κ3) is 3.37. The van der Waals surface area contributed by atoms with Crippen molar-refractivity contribution in [2.45, 2.75) is 40.0 Å². The molecule has 1 aliphatic rings. The van der Waals surface area contributed by atoms with Crippen molar-refractivity contribution >= 4 is 5.78 Å². The Hall–Kier alpha value is -0.790. The first-order valence-corrected chi connectivity index (χ1v) is 5.71. The van der Waals surface area contributed by atoms with Gasteiger partial charge in [0.05, 0.1) is 0 Å². The van der Waals surface area contributed by atoms with E-state index in [1.807, 2.05) is 25.2 Å². The van der Waals surface area contributed by atoms with E-state index in [2.05, 4.69) is 20.8 Å². The summed E-state index contributed by atoms with van der Waals surface area (Å²) in [5.74, 6) is 0.977. The van der Waals surface area contributed by atoms with Crippen LogP contribution in [-0.2, 0) is 4.79 Å². The van der Waals surface area contributed by atoms with Gasteiger partial charge >= 0.3 is 0 Å². The zero-order valence-electron chi connectivity index (χ0n) is 10.6. The van der Waals surface area contributed by atoms with Crippen molar-refractivity contribution in [3.63, 3.8) is 0 Å². The van der Waals surface area contributed by atoms with E-state index in [0.717, 1.165) is 24.8 Å². The monoisotopic (exact) mass is 209 g/mol. The molecule has 0 aromatic heterocycles. The normalized spacial score (nSPS) is 25.8. The van der Waals surface area contributed by atoms with Gasteiger partial charge in [-0.2, -0.15) is 0 Å². The van der Waals surface area contributed by atoms with Gasteiger partial charge in [0.15, 0.2) is 5.78 Å². The molecule has 0 N–H and O–H groups in total. The number of allylic oxidation sites excluding steroid dienone is 1. The first-order chi connectivity index (χ1) is 6.80. The second kappa shape index (κ2) is 4.38. The SMILES string of the molecule is CN(C)/C=C1\CC(C(C)(C)C)CCC1=O. The third-order valence-corrected chi connectivity index (χ3v) is 3.18. The summed E-state index contributed by atoms with van der Waals surface area (Å²) >= 11 is 0. The van der Waals surface area contributed by atoms with Gasteiger partial charge in [-0.25, -0.2) is 0 Å². The Kier molecular flexibility index (Phi) is 3.58. The van der Waals surface area contributed by atoms with Crippen molar-refractivity contribution in [3.05, 3.63) is 11.8 Å². The number of carbonyl (C=O) groups excluding carboxylic acids is 1. The molecule has 0 radical (unpaired) electrons. The second-order valence-corrected chi connectivity index (χ2v) is 5.85. The number of hydrogen-bond donors (Lipinski definition) is 0. The summed E-state index contributed by atoms with van der Waals surface area (Å²) in [6, 6.07) is 0. The lowest BCUT2D eigenvalue weighted by molar-refractivity contribution is -0.117. The Morgan fingerprint density at radius 2 is 1.93 bits per heavy atom. The zero-order chi connectivity index (χ0) is 11.6. The zero-order valence-corrected chi connectivity index (χ0v) is 10.6. The van der Waals surface area contributed by atoms with Crippen LogP contribution in [0.15, 0.2) is 11.8 Å². The molecule has 0 aliphatic heterocycles. The van der Waals surface area contributed by atoms with E-state index < -0.39 is 0 Å². The maximum atomic E-state index is 11.7. The van der Waals surface area contributed by atoms with Gasteiger partial charge in [-0.05, 0) is 24.2 Å². The first-order valence-electron chi connectivity index (χ1n) is 5.71. The fraction of sp³-hybridized carbons (Fsp3) is 0.769. The minimum Gasteiger partial charge on any atom is -0.383 e. The van der Waals surface area contributed by atoms with Crippen LogP contribution >= 0.6 is 0 Å². The van der Waals surface area contributed by atoms with Crippen LogP contribution < -0.4 is 0 Å². The standard InChI is InChI=1S/C13H23NO/c1-13(2,3)11-6-7-12(15)10(8-11)9-14(4)5/h9,11H,6-8H2,1-5H3/b10-9+. The molecule has 1 aliphatic carbocycles. The van der Waals surface area contributed by atoms with Crippen molar-refractivity contribution in [2.24, 2.45) is 11.3 Å². The van der Waals surface area contributed by atoms with Crippen LogP contribution in [0.4, 0.5) is 0 Å². The summed E-state index contributed by atoms with van der Waals surface area (Å²) in [7, 11) is 3.95. The maximum absolute atomic E-state index is 11.7. The Balaban J connectivity index is 2.77. The maximum Gasteiger partial charge on any atom is 0.160 e. The molecule has 1 rings (SSSR count). The minimum absolute atomic E-state index is 0.312. The first kappa shape index (κ1) is 12.3. The summed E-state index contributed by atoms with van der Waals surface area (Å²) in [5, 5.41) is 0. The van der Waals surface area contributed by atoms with Crippen molar-refractivity contribution in [1.29, 1.82) is 0 Å². The van der Waals surface area contributed by atoms with Gasteiger partial charge in [0.25, 0.3) is 0 Å². The second-order valence-electron chi connectivity index (χ2n) is 5.85. The summed E-state index contributed by atoms with van der Waals surface area (Å²) in [6.45, 7) is 6.79. The highest BCUT2D eigenvalue weighted by Crippen LogP contribution is 2.38.